The molecule has 0 saturated heterocycles. The topological polar surface area (TPSA) is 131 Å². The van der Waals surface area contributed by atoms with Gasteiger partial charge in [-0.1, -0.05) is 48.5 Å². The molecule has 0 saturated carbocycles. The van der Waals surface area contributed by atoms with Gasteiger partial charge >= 0.3 is 5.97 Å². The van der Waals surface area contributed by atoms with Crippen LogP contribution in [-0.2, 0) is 21.3 Å². The summed E-state index contributed by atoms with van der Waals surface area (Å²) in [6, 6.07) is 21.1. The number of nitrogens with two attached hydrogens (primary N) is 1. The zero-order valence-corrected chi connectivity index (χ0v) is 17.4. The number of carbonyl (C=O) groups is 1. The molecule has 30 heavy (non-hydrogen) atoms. The van der Waals surface area contributed by atoms with E-state index < -0.39 is 10.1 Å². The minimum Gasteiger partial charge on any atom is -0.427 e. The Morgan fingerprint density at radius 2 is 1.63 bits per heavy atom. The molecule has 158 valence electrons. The molecule has 0 aliphatic heterocycles. The SMILES string of the molecule is CS(=O)(=O)O.N=C(N)c1ccc2cc(OC(=O)CCCc3ccccc3)ccc2c1. The number of nitrogen functional groups attached to an aromatic ring is 1. The van der Waals surface area contributed by atoms with Crippen molar-refractivity contribution in [3.8, 4) is 5.75 Å². The van der Waals surface area contributed by atoms with Gasteiger partial charge in [-0.3, -0.25) is 14.8 Å². The lowest BCUT2D eigenvalue weighted by molar-refractivity contribution is -0.134. The normalized spacial score (nSPS) is 10.7. The summed E-state index contributed by atoms with van der Waals surface area (Å²) in [6.45, 7) is 0. The van der Waals surface area contributed by atoms with Crippen molar-refractivity contribution in [2.45, 2.75) is 19.3 Å². The maximum Gasteiger partial charge on any atom is 0.311 e. The molecular formula is C22H24N2O5S. The number of esters is 1. The Balaban J connectivity index is 0.000000575. The number of aryl methyl sites for hydroxylation is 1. The molecule has 0 spiro atoms. The maximum atomic E-state index is 12.0. The maximum absolute atomic E-state index is 12.0. The third-order valence-corrected chi connectivity index (χ3v) is 4.04. The van der Waals surface area contributed by atoms with E-state index in [0.29, 0.717) is 24.0 Å². The molecule has 4 N–H and O–H groups in total. The van der Waals surface area contributed by atoms with Crippen LogP contribution in [0.1, 0.15) is 24.0 Å². The van der Waals surface area contributed by atoms with Crippen LogP contribution >= 0.6 is 0 Å². The number of nitrogens with one attached hydrogen (secondary N) is 1. The highest BCUT2D eigenvalue weighted by atomic mass is 32.2. The highest BCUT2D eigenvalue weighted by molar-refractivity contribution is 7.85. The quantitative estimate of drug-likeness (QED) is 0.181. The highest BCUT2D eigenvalue weighted by Gasteiger charge is 2.07. The average Bonchev–Trinajstić information content (AvgIpc) is 2.67. The zero-order valence-electron chi connectivity index (χ0n) is 16.5. The minimum absolute atomic E-state index is 0.0378. The standard InChI is InChI=1S/C21H20N2O2.CH4O3S/c22-21(23)18-10-9-17-14-19(12-11-16(17)13-18)25-20(24)8-4-7-15-5-2-1-3-6-15;1-5(2,3)4/h1-3,5-6,9-14H,4,7-8H2,(H3,22,23);1H3,(H,2,3,4). The van der Waals surface area contributed by atoms with E-state index in [0.717, 1.165) is 23.6 Å². The van der Waals surface area contributed by atoms with Gasteiger partial charge in [-0.15, -0.1) is 0 Å². The predicted octanol–water partition coefficient (Wildman–Crippen LogP) is 3.56. The van der Waals surface area contributed by atoms with Crippen molar-refractivity contribution in [2.75, 3.05) is 6.26 Å². The molecule has 0 unspecified atom stereocenters. The Morgan fingerprint density at radius 1 is 1.03 bits per heavy atom. The second kappa shape index (κ2) is 10.5. The first-order valence-corrected chi connectivity index (χ1v) is 11.0. The summed E-state index contributed by atoms with van der Waals surface area (Å²) in [7, 11) is -3.67. The Hall–Kier alpha value is -3.23. The van der Waals surface area contributed by atoms with E-state index in [4.69, 9.17) is 20.4 Å². The van der Waals surface area contributed by atoms with Gasteiger partial charge in [-0.25, -0.2) is 0 Å². The molecule has 0 atom stereocenters. The molecule has 3 aromatic rings. The molecule has 0 amide bonds. The van der Waals surface area contributed by atoms with Gasteiger partial charge in [0.1, 0.15) is 11.6 Å². The van der Waals surface area contributed by atoms with Crippen LogP contribution < -0.4 is 10.5 Å². The third kappa shape index (κ3) is 8.42. The molecule has 0 aliphatic rings. The van der Waals surface area contributed by atoms with Crippen molar-refractivity contribution in [2.24, 2.45) is 5.73 Å². The van der Waals surface area contributed by atoms with Gasteiger partial charge in [0.25, 0.3) is 10.1 Å². The fourth-order valence-electron chi connectivity index (χ4n) is 2.72. The Labute approximate surface area is 175 Å². The molecule has 3 rings (SSSR count). The smallest absolute Gasteiger partial charge is 0.311 e. The molecule has 7 nitrogen and oxygen atoms in total. The molecule has 8 heteroatoms. The van der Waals surface area contributed by atoms with Gasteiger partial charge in [0.2, 0.25) is 0 Å². The molecule has 0 bridgehead atoms. The van der Waals surface area contributed by atoms with Gasteiger partial charge in [0.05, 0.1) is 6.26 Å². The summed E-state index contributed by atoms with van der Waals surface area (Å²) in [4.78, 5) is 12.0. The van der Waals surface area contributed by atoms with Gasteiger partial charge in [0, 0.05) is 12.0 Å². The first-order valence-electron chi connectivity index (χ1n) is 9.17. The number of ether oxygens (including phenoxy) is 1. The Morgan fingerprint density at radius 3 is 2.27 bits per heavy atom. The van der Waals surface area contributed by atoms with Crippen molar-refractivity contribution in [3.63, 3.8) is 0 Å². The highest BCUT2D eigenvalue weighted by Crippen LogP contribution is 2.22. The number of amidine groups is 1. The molecule has 0 heterocycles. The summed E-state index contributed by atoms with van der Waals surface area (Å²) in [5.74, 6) is 0.347. The van der Waals surface area contributed by atoms with E-state index in [9.17, 15) is 13.2 Å². The van der Waals surface area contributed by atoms with E-state index in [-0.39, 0.29) is 11.8 Å². The lowest BCUT2D eigenvalue weighted by Crippen LogP contribution is -2.10. The largest absolute Gasteiger partial charge is 0.427 e. The predicted molar refractivity (Wildman–Crippen MR) is 117 cm³/mol. The Kier molecular flexibility index (Phi) is 8.08. The fourth-order valence-corrected chi connectivity index (χ4v) is 2.72. The van der Waals surface area contributed by atoms with Gasteiger partial charge in [0.15, 0.2) is 0 Å². The van der Waals surface area contributed by atoms with Gasteiger partial charge in [-0.05, 0) is 47.4 Å². The van der Waals surface area contributed by atoms with Crippen molar-refractivity contribution in [1.29, 1.82) is 5.41 Å². The van der Waals surface area contributed by atoms with E-state index in [1.54, 1.807) is 12.1 Å². The number of fused-ring (bicyclic) bond motifs is 1. The van der Waals surface area contributed by atoms with Crippen molar-refractivity contribution in [3.05, 3.63) is 77.9 Å². The van der Waals surface area contributed by atoms with Crippen LogP contribution in [0.15, 0.2) is 66.7 Å². The molecule has 0 aliphatic carbocycles. The minimum atomic E-state index is -3.67. The number of hydrogen-bond donors (Lipinski definition) is 3. The summed E-state index contributed by atoms with van der Waals surface area (Å²) >= 11 is 0. The van der Waals surface area contributed by atoms with Crippen LogP contribution in [0.25, 0.3) is 10.8 Å². The van der Waals surface area contributed by atoms with Gasteiger partial charge < -0.3 is 10.5 Å². The summed E-state index contributed by atoms with van der Waals surface area (Å²) in [5.41, 5.74) is 7.41. The first kappa shape index (κ1) is 23.1. The molecule has 0 radical (unpaired) electrons. The molecular weight excluding hydrogens is 404 g/mol. The lowest BCUT2D eigenvalue weighted by Gasteiger charge is -2.07. The van der Waals surface area contributed by atoms with Crippen molar-refractivity contribution < 1.29 is 22.5 Å². The van der Waals surface area contributed by atoms with Crippen LogP contribution in [0.3, 0.4) is 0 Å². The summed E-state index contributed by atoms with van der Waals surface area (Å²) in [6.07, 6.45) is 2.73. The molecule has 0 fully saturated rings. The second-order valence-corrected chi connectivity index (χ2v) is 8.15. The van der Waals surface area contributed by atoms with Gasteiger partial charge in [-0.2, -0.15) is 8.42 Å². The van der Waals surface area contributed by atoms with Crippen molar-refractivity contribution >= 4 is 32.7 Å². The average molecular weight is 429 g/mol. The number of rotatable bonds is 6. The van der Waals surface area contributed by atoms with E-state index in [2.05, 4.69) is 12.1 Å². The monoisotopic (exact) mass is 428 g/mol. The van der Waals surface area contributed by atoms with Crippen LogP contribution in [0, 0.1) is 5.41 Å². The fraction of sp³-hybridized carbons (Fsp3) is 0.182. The van der Waals surface area contributed by atoms with Crippen LogP contribution in [0.4, 0.5) is 0 Å². The van der Waals surface area contributed by atoms with Crippen LogP contribution in [-0.4, -0.2) is 31.0 Å². The number of carbonyl (C=O) groups excluding carboxylic acids is 1. The summed E-state index contributed by atoms with van der Waals surface area (Å²) in [5, 5.41) is 9.38. The molecule has 0 aromatic heterocycles. The summed E-state index contributed by atoms with van der Waals surface area (Å²) < 4.78 is 31.3. The first-order chi connectivity index (χ1) is 14.1. The van der Waals surface area contributed by atoms with Crippen LogP contribution in [0.5, 0.6) is 5.75 Å². The van der Waals surface area contributed by atoms with Crippen LogP contribution in [0.2, 0.25) is 0 Å². The Bertz CT molecular complexity index is 1120. The number of benzene rings is 3. The second-order valence-electron chi connectivity index (χ2n) is 6.68. The van der Waals surface area contributed by atoms with E-state index in [1.807, 2.05) is 42.5 Å². The van der Waals surface area contributed by atoms with E-state index in [1.165, 1.54) is 5.56 Å². The lowest BCUT2D eigenvalue weighted by atomic mass is 10.1. The van der Waals surface area contributed by atoms with E-state index >= 15 is 0 Å². The molecule has 3 aromatic carbocycles. The third-order valence-electron chi connectivity index (χ3n) is 4.04. The zero-order chi connectivity index (χ0) is 22.1. The number of hydrogen-bond acceptors (Lipinski definition) is 5. The van der Waals surface area contributed by atoms with Crippen molar-refractivity contribution in [1.82, 2.24) is 0 Å².